The highest BCUT2D eigenvalue weighted by molar-refractivity contribution is 7.91. The molecule has 2 rings (SSSR count). The van der Waals surface area contributed by atoms with Crippen LogP contribution in [0.3, 0.4) is 0 Å². The van der Waals surface area contributed by atoms with Crippen LogP contribution in [0.4, 0.5) is 5.69 Å². The summed E-state index contributed by atoms with van der Waals surface area (Å²) in [5, 5.41) is 1.62. The van der Waals surface area contributed by atoms with Gasteiger partial charge in [-0.05, 0) is 38.5 Å². The van der Waals surface area contributed by atoms with Crippen LogP contribution in [0, 0.1) is 13.8 Å². The van der Waals surface area contributed by atoms with Crippen molar-refractivity contribution in [2.75, 3.05) is 5.73 Å². The van der Waals surface area contributed by atoms with Crippen LogP contribution in [0.5, 0.6) is 0 Å². The van der Waals surface area contributed by atoms with E-state index in [9.17, 15) is 8.42 Å². The number of nitrogens with one attached hydrogen (secondary N) is 1. The fourth-order valence-corrected chi connectivity index (χ4v) is 5.25. The lowest BCUT2D eigenvalue weighted by molar-refractivity contribution is 0.569. The summed E-state index contributed by atoms with van der Waals surface area (Å²) in [6, 6.07) is 3.25. The van der Waals surface area contributed by atoms with Crippen molar-refractivity contribution in [2.45, 2.75) is 31.0 Å². The Balaban J connectivity index is 2.23. The summed E-state index contributed by atoms with van der Waals surface area (Å²) < 4.78 is 27.3. The second kappa shape index (κ2) is 5.24. The molecule has 0 fully saturated rings. The number of nitrogen functional groups attached to an aromatic ring is 1. The van der Waals surface area contributed by atoms with E-state index in [2.05, 4.69) is 4.72 Å². The van der Waals surface area contributed by atoms with Crippen molar-refractivity contribution in [1.82, 2.24) is 4.72 Å². The van der Waals surface area contributed by atoms with E-state index in [-0.39, 0.29) is 10.3 Å². The Morgan fingerprint density at radius 2 is 2.00 bits per heavy atom. The maximum Gasteiger partial charge on any atom is 0.250 e. The normalized spacial score (nSPS) is 13.6. The predicted molar refractivity (Wildman–Crippen MR) is 81.3 cm³/mol. The van der Waals surface area contributed by atoms with Gasteiger partial charge >= 0.3 is 0 Å². The van der Waals surface area contributed by atoms with Gasteiger partial charge in [-0.3, -0.25) is 0 Å². The molecule has 0 spiro atoms. The van der Waals surface area contributed by atoms with Gasteiger partial charge in [-0.15, -0.1) is 22.7 Å². The molecule has 2 aromatic heterocycles. The zero-order valence-corrected chi connectivity index (χ0v) is 13.4. The average molecular weight is 316 g/mol. The standard InChI is InChI=1S/C12H16N2O2S3/c1-7-4-11(9(3)18-7)8(2)14-19(15,16)12-5-10(13)6-17-12/h4-6,8,14H,13H2,1-3H3. The summed E-state index contributed by atoms with van der Waals surface area (Å²) in [5.41, 5.74) is 7.06. The van der Waals surface area contributed by atoms with Gasteiger partial charge < -0.3 is 5.73 Å². The van der Waals surface area contributed by atoms with Crippen LogP contribution in [0.1, 0.15) is 28.3 Å². The van der Waals surface area contributed by atoms with Gasteiger partial charge in [0.15, 0.2) is 0 Å². The number of aryl methyl sites for hydroxylation is 2. The number of anilines is 1. The Morgan fingerprint density at radius 1 is 1.32 bits per heavy atom. The first-order chi connectivity index (χ1) is 8.79. The van der Waals surface area contributed by atoms with E-state index in [1.807, 2.05) is 26.8 Å². The lowest BCUT2D eigenvalue weighted by Gasteiger charge is -2.13. The molecule has 2 heterocycles. The van der Waals surface area contributed by atoms with Crippen LogP contribution in [-0.4, -0.2) is 8.42 Å². The molecule has 0 amide bonds. The predicted octanol–water partition coefficient (Wildman–Crippen LogP) is 3.05. The minimum atomic E-state index is -3.50. The van der Waals surface area contributed by atoms with Gasteiger partial charge in [-0.2, -0.15) is 0 Å². The number of hydrogen-bond donors (Lipinski definition) is 2. The van der Waals surface area contributed by atoms with Crippen molar-refractivity contribution >= 4 is 38.4 Å². The summed E-state index contributed by atoms with van der Waals surface area (Å²) in [6.07, 6.45) is 0. The third kappa shape index (κ3) is 3.17. The molecule has 0 aliphatic rings. The number of hydrogen-bond acceptors (Lipinski definition) is 5. The minimum Gasteiger partial charge on any atom is -0.398 e. The molecule has 0 radical (unpaired) electrons. The molecule has 0 aromatic carbocycles. The smallest absolute Gasteiger partial charge is 0.250 e. The number of rotatable bonds is 4. The lowest BCUT2D eigenvalue weighted by atomic mass is 10.1. The topological polar surface area (TPSA) is 72.2 Å². The van der Waals surface area contributed by atoms with E-state index in [4.69, 9.17) is 5.73 Å². The number of sulfonamides is 1. The molecular weight excluding hydrogens is 300 g/mol. The van der Waals surface area contributed by atoms with Crippen molar-refractivity contribution in [3.63, 3.8) is 0 Å². The maximum absolute atomic E-state index is 12.2. The molecule has 0 aliphatic carbocycles. The quantitative estimate of drug-likeness (QED) is 0.910. The first-order valence-corrected chi connectivity index (χ1v) is 8.91. The van der Waals surface area contributed by atoms with Gasteiger partial charge in [-0.25, -0.2) is 13.1 Å². The lowest BCUT2D eigenvalue weighted by Crippen LogP contribution is -2.26. The van der Waals surface area contributed by atoms with Gasteiger partial charge in [0, 0.05) is 26.9 Å². The second-order valence-electron chi connectivity index (χ2n) is 4.41. The molecule has 0 bridgehead atoms. The van der Waals surface area contributed by atoms with Gasteiger partial charge in [0.25, 0.3) is 10.0 Å². The molecule has 0 saturated heterocycles. The summed E-state index contributed by atoms with van der Waals surface area (Å²) in [4.78, 5) is 2.32. The Bertz CT molecular complexity index is 686. The van der Waals surface area contributed by atoms with Gasteiger partial charge in [0.2, 0.25) is 0 Å². The molecule has 0 aliphatic heterocycles. The molecule has 104 valence electrons. The Morgan fingerprint density at radius 3 is 2.47 bits per heavy atom. The molecule has 19 heavy (non-hydrogen) atoms. The Hall–Kier alpha value is -0.890. The molecule has 7 heteroatoms. The molecule has 0 saturated carbocycles. The molecule has 4 nitrogen and oxygen atoms in total. The number of thiophene rings is 2. The van der Waals surface area contributed by atoms with Crippen LogP contribution in [0.25, 0.3) is 0 Å². The van der Waals surface area contributed by atoms with Crippen LogP contribution >= 0.6 is 22.7 Å². The first-order valence-electron chi connectivity index (χ1n) is 5.73. The monoisotopic (exact) mass is 316 g/mol. The van der Waals surface area contributed by atoms with Crippen LogP contribution < -0.4 is 10.5 Å². The van der Waals surface area contributed by atoms with Gasteiger partial charge in [0.05, 0.1) is 0 Å². The van der Waals surface area contributed by atoms with E-state index < -0.39 is 10.0 Å². The Kier molecular flexibility index (Phi) is 4.00. The highest BCUT2D eigenvalue weighted by Gasteiger charge is 2.21. The Labute approximate surface area is 121 Å². The van der Waals surface area contributed by atoms with E-state index in [1.165, 1.54) is 10.9 Å². The zero-order valence-electron chi connectivity index (χ0n) is 10.9. The number of nitrogens with two attached hydrogens (primary N) is 1. The fourth-order valence-electron chi connectivity index (χ4n) is 1.91. The van der Waals surface area contributed by atoms with Gasteiger partial charge in [0.1, 0.15) is 4.21 Å². The van der Waals surface area contributed by atoms with Crippen LogP contribution in [-0.2, 0) is 10.0 Å². The third-order valence-electron chi connectivity index (χ3n) is 2.74. The van der Waals surface area contributed by atoms with E-state index in [0.29, 0.717) is 5.69 Å². The van der Waals surface area contributed by atoms with Crippen molar-refractivity contribution in [2.24, 2.45) is 0 Å². The summed E-state index contributed by atoms with van der Waals surface area (Å²) in [6.45, 7) is 5.87. The molecule has 3 N–H and O–H groups in total. The van der Waals surface area contributed by atoms with E-state index in [1.54, 1.807) is 16.7 Å². The summed E-state index contributed by atoms with van der Waals surface area (Å²) >= 11 is 2.80. The van der Waals surface area contributed by atoms with Crippen LogP contribution in [0.15, 0.2) is 21.7 Å². The van der Waals surface area contributed by atoms with Crippen molar-refractivity contribution in [3.05, 3.63) is 32.8 Å². The highest BCUT2D eigenvalue weighted by atomic mass is 32.2. The maximum atomic E-state index is 12.2. The highest BCUT2D eigenvalue weighted by Crippen LogP contribution is 2.28. The van der Waals surface area contributed by atoms with Gasteiger partial charge in [-0.1, -0.05) is 0 Å². The van der Waals surface area contributed by atoms with E-state index >= 15 is 0 Å². The SMILES string of the molecule is Cc1cc(C(C)NS(=O)(=O)c2cc(N)cs2)c(C)s1. The van der Waals surface area contributed by atoms with Crippen molar-refractivity contribution < 1.29 is 8.42 Å². The molecule has 2 aromatic rings. The molecular formula is C12H16N2O2S3. The molecule has 1 atom stereocenters. The van der Waals surface area contributed by atoms with Crippen LogP contribution in [0.2, 0.25) is 0 Å². The average Bonchev–Trinajstić information content (AvgIpc) is 2.84. The largest absolute Gasteiger partial charge is 0.398 e. The van der Waals surface area contributed by atoms with Crippen molar-refractivity contribution in [1.29, 1.82) is 0 Å². The zero-order chi connectivity index (χ0) is 14.2. The van der Waals surface area contributed by atoms with E-state index in [0.717, 1.165) is 21.8 Å². The third-order valence-corrected chi connectivity index (χ3v) is 6.72. The first kappa shape index (κ1) is 14.5. The molecule has 1 unspecified atom stereocenters. The van der Waals surface area contributed by atoms with Crippen molar-refractivity contribution in [3.8, 4) is 0 Å². The second-order valence-corrected chi connectivity index (χ2v) is 8.72. The fraction of sp³-hybridized carbons (Fsp3) is 0.333. The minimum absolute atomic E-state index is 0.251. The summed E-state index contributed by atoms with van der Waals surface area (Å²) in [5.74, 6) is 0. The summed E-state index contributed by atoms with van der Waals surface area (Å²) in [7, 11) is -3.50.